The van der Waals surface area contributed by atoms with Gasteiger partial charge < -0.3 is 24.6 Å². The summed E-state index contributed by atoms with van der Waals surface area (Å²) in [7, 11) is 0. The summed E-state index contributed by atoms with van der Waals surface area (Å²) in [6.07, 6.45) is 0.335. The third-order valence-corrected chi connectivity index (χ3v) is 5.59. The predicted octanol–water partition coefficient (Wildman–Crippen LogP) is 3.77. The van der Waals surface area contributed by atoms with Gasteiger partial charge in [-0.2, -0.15) is 0 Å². The van der Waals surface area contributed by atoms with Gasteiger partial charge >= 0.3 is 12.1 Å². The molecule has 1 aliphatic rings. The van der Waals surface area contributed by atoms with Gasteiger partial charge in [-0.25, -0.2) is 4.79 Å². The number of Topliss-reactive ketones (excluding diaryl/α,β-unsaturated/α-hetero) is 1. The van der Waals surface area contributed by atoms with Crippen LogP contribution in [0, 0.1) is 0 Å². The van der Waals surface area contributed by atoms with E-state index >= 15 is 0 Å². The summed E-state index contributed by atoms with van der Waals surface area (Å²) in [5.41, 5.74) is 4.72. The monoisotopic (exact) mass is 469 g/mol. The van der Waals surface area contributed by atoms with E-state index in [0.717, 1.165) is 0 Å². The number of nitrogens with one attached hydrogen (secondary N) is 1. The number of carboxylic acid groups (broad SMARTS) is 1. The standard InChI is InChI=1S/C26H31NO7/c28-19(11-12-25(29)30)6-5-14-32-16-17-33-15-13-27-26(31)34-18-24-22-9-3-1-7-20(22)21-8-2-4-10-23(21)24/h1-4,7-10,24H,5-6,11-18H2,(H,27,31)(H,29,30). The number of rotatable bonds is 15. The van der Waals surface area contributed by atoms with Gasteiger partial charge in [-0.3, -0.25) is 9.59 Å². The Hall–Kier alpha value is -3.23. The number of carbonyl (C=O) groups excluding carboxylic acids is 2. The zero-order valence-corrected chi connectivity index (χ0v) is 19.2. The van der Waals surface area contributed by atoms with E-state index < -0.39 is 12.1 Å². The van der Waals surface area contributed by atoms with Crippen molar-refractivity contribution in [2.45, 2.75) is 31.6 Å². The molecule has 34 heavy (non-hydrogen) atoms. The molecule has 8 nitrogen and oxygen atoms in total. The Kier molecular flexibility index (Phi) is 10.1. The fourth-order valence-electron chi connectivity index (χ4n) is 3.94. The van der Waals surface area contributed by atoms with Crippen molar-refractivity contribution in [3.8, 4) is 11.1 Å². The van der Waals surface area contributed by atoms with Crippen LogP contribution in [-0.2, 0) is 23.8 Å². The predicted molar refractivity (Wildman–Crippen MR) is 126 cm³/mol. The number of benzene rings is 2. The maximum Gasteiger partial charge on any atom is 0.407 e. The highest BCUT2D eigenvalue weighted by atomic mass is 16.6. The lowest BCUT2D eigenvalue weighted by Crippen LogP contribution is -2.29. The molecule has 0 radical (unpaired) electrons. The van der Waals surface area contributed by atoms with Gasteiger partial charge in [0, 0.05) is 31.9 Å². The topological polar surface area (TPSA) is 111 Å². The normalized spacial score (nSPS) is 12.1. The second-order valence-electron chi connectivity index (χ2n) is 8.01. The van der Waals surface area contributed by atoms with E-state index in [2.05, 4.69) is 29.6 Å². The van der Waals surface area contributed by atoms with Gasteiger partial charge in [-0.15, -0.1) is 0 Å². The fourth-order valence-corrected chi connectivity index (χ4v) is 3.94. The molecule has 0 heterocycles. The smallest absolute Gasteiger partial charge is 0.407 e. The maximum absolute atomic E-state index is 12.1. The molecule has 0 spiro atoms. The summed E-state index contributed by atoms with van der Waals surface area (Å²) in [4.78, 5) is 34.0. The third kappa shape index (κ3) is 7.67. The molecule has 1 aliphatic carbocycles. The fraction of sp³-hybridized carbons (Fsp3) is 0.423. The van der Waals surface area contributed by atoms with Gasteiger partial charge in [0.05, 0.1) is 26.2 Å². The van der Waals surface area contributed by atoms with Crippen LogP contribution in [0.3, 0.4) is 0 Å². The van der Waals surface area contributed by atoms with Crippen LogP contribution < -0.4 is 5.32 Å². The Balaban J connectivity index is 1.22. The molecule has 2 N–H and O–H groups in total. The summed E-state index contributed by atoms with van der Waals surface area (Å²) in [6.45, 7) is 2.11. The Bertz CT molecular complexity index is 930. The number of carbonyl (C=O) groups is 3. The van der Waals surface area contributed by atoms with Gasteiger partial charge in [0.25, 0.3) is 0 Å². The number of ketones is 1. The van der Waals surface area contributed by atoms with Crippen LogP contribution in [0.25, 0.3) is 11.1 Å². The lowest BCUT2D eigenvalue weighted by atomic mass is 9.98. The quantitative estimate of drug-likeness (QED) is 0.382. The largest absolute Gasteiger partial charge is 0.481 e. The van der Waals surface area contributed by atoms with E-state index in [1.165, 1.54) is 22.3 Å². The SMILES string of the molecule is O=C(O)CCC(=O)CCCOCCOCCNC(=O)OCC1c2ccccc2-c2ccccc21. The molecule has 0 unspecified atom stereocenters. The minimum atomic E-state index is -0.963. The van der Waals surface area contributed by atoms with E-state index in [1.807, 2.05) is 24.3 Å². The molecule has 8 heteroatoms. The molecule has 0 aliphatic heterocycles. The molecule has 3 rings (SSSR count). The number of fused-ring (bicyclic) bond motifs is 3. The number of alkyl carbamates (subject to hydrolysis) is 1. The molecule has 0 fully saturated rings. The van der Waals surface area contributed by atoms with Crippen LogP contribution in [0.5, 0.6) is 0 Å². The highest BCUT2D eigenvalue weighted by Gasteiger charge is 2.28. The third-order valence-electron chi connectivity index (χ3n) is 5.59. The van der Waals surface area contributed by atoms with Crippen molar-refractivity contribution in [3.05, 3.63) is 59.7 Å². The first-order valence-corrected chi connectivity index (χ1v) is 11.5. The van der Waals surface area contributed by atoms with Gasteiger partial charge in [0.1, 0.15) is 12.4 Å². The average molecular weight is 470 g/mol. The molecule has 182 valence electrons. The summed E-state index contributed by atoms with van der Waals surface area (Å²) in [5, 5.41) is 11.2. The van der Waals surface area contributed by atoms with Crippen LogP contribution in [0.15, 0.2) is 48.5 Å². The Morgan fingerprint density at radius 2 is 1.41 bits per heavy atom. The van der Waals surface area contributed by atoms with Crippen molar-refractivity contribution in [3.63, 3.8) is 0 Å². The Morgan fingerprint density at radius 3 is 2.06 bits per heavy atom. The van der Waals surface area contributed by atoms with Crippen molar-refractivity contribution in [2.24, 2.45) is 0 Å². The van der Waals surface area contributed by atoms with Gasteiger partial charge in [0.15, 0.2) is 0 Å². The summed E-state index contributed by atoms with van der Waals surface area (Å²) >= 11 is 0. The van der Waals surface area contributed by atoms with Crippen molar-refractivity contribution in [1.29, 1.82) is 0 Å². The molecule has 0 aromatic heterocycles. The number of aliphatic carboxylic acids is 1. The molecule has 0 bridgehead atoms. The van der Waals surface area contributed by atoms with Crippen LogP contribution in [0.4, 0.5) is 4.79 Å². The summed E-state index contributed by atoms with van der Waals surface area (Å²) < 4.78 is 16.3. The van der Waals surface area contributed by atoms with Gasteiger partial charge in [0.2, 0.25) is 0 Å². The zero-order chi connectivity index (χ0) is 24.2. The number of ether oxygens (including phenoxy) is 3. The van der Waals surface area contributed by atoms with Crippen molar-refractivity contribution in [1.82, 2.24) is 5.32 Å². The second-order valence-corrected chi connectivity index (χ2v) is 8.01. The highest BCUT2D eigenvalue weighted by Crippen LogP contribution is 2.44. The first-order chi connectivity index (χ1) is 16.6. The van der Waals surface area contributed by atoms with Gasteiger partial charge in [-0.05, 0) is 28.7 Å². The highest BCUT2D eigenvalue weighted by molar-refractivity contribution is 5.82. The van der Waals surface area contributed by atoms with E-state index in [-0.39, 0.29) is 31.1 Å². The molecular weight excluding hydrogens is 438 g/mol. The molecule has 2 aromatic carbocycles. The minimum absolute atomic E-state index is 0.0269. The second kappa shape index (κ2) is 13.5. The minimum Gasteiger partial charge on any atom is -0.481 e. The Labute approximate surface area is 199 Å². The van der Waals surface area contributed by atoms with E-state index in [4.69, 9.17) is 19.3 Å². The molecule has 1 amide bonds. The molecular formula is C26H31NO7. The van der Waals surface area contributed by atoms with Crippen LogP contribution in [-0.4, -0.2) is 62.5 Å². The lowest BCUT2D eigenvalue weighted by Gasteiger charge is -2.14. The van der Waals surface area contributed by atoms with Crippen LogP contribution in [0.1, 0.15) is 42.7 Å². The van der Waals surface area contributed by atoms with Crippen LogP contribution in [0.2, 0.25) is 0 Å². The van der Waals surface area contributed by atoms with E-state index in [0.29, 0.717) is 45.8 Å². The first-order valence-electron chi connectivity index (χ1n) is 11.5. The maximum atomic E-state index is 12.1. The van der Waals surface area contributed by atoms with Crippen molar-refractivity contribution < 1.29 is 33.7 Å². The molecule has 0 atom stereocenters. The number of amides is 1. The van der Waals surface area contributed by atoms with Crippen molar-refractivity contribution in [2.75, 3.05) is 39.6 Å². The lowest BCUT2D eigenvalue weighted by molar-refractivity contribution is -0.138. The molecule has 2 aromatic rings. The van der Waals surface area contributed by atoms with E-state index in [9.17, 15) is 14.4 Å². The van der Waals surface area contributed by atoms with Crippen molar-refractivity contribution >= 4 is 17.8 Å². The number of hydrogen-bond acceptors (Lipinski definition) is 6. The average Bonchev–Trinajstić information content (AvgIpc) is 3.16. The molecule has 0 saturated carbocycles. The first kappa shape index (κ1) is 25.4. The van der Waals surface area contributed by atoms with E-state index in [1.54, 1.807) is 0 Å². The summed E-state index contributed by atoms with van der Waals surface area (Å²) in [6, 6.07) is 16.4. The Morgan fingerprint density at radius 1 is 0.794 bits per heavy atom. The number of hydrogen-bond donors (Lipinski definition) is 2. The number of carboxylic acids is 1. The van der Waals surface area contributed by atoms with Crippen LogP contribution >= 0.6 is 0 Å². The molecule has 0 saturated heterocycles. The van der Waals surface area contributed by atoms with Gasteiger partial charge in [-0.1, -0.05) is 48.5 Å². The zero-order valence-electron chi connectivity index (χ0n) is 19.2. The summed E-state index contributed by atoms with van der Waals surface area (Å²) in [5.74, 6) is -1.00.